The average Bonchev–Trinajstić information content (AvgIpc) is 2.76. The Bertz CT molecular complexity index is 786. The lowest BCUT2D eigenvalue weighted by molar-refractivity contribution is -0.113. The summed E-state index contributed by atoms with van der Waals surface area (Å²) in [5.74, 6) is -0.409. The quantitative estimate of drug-likeness (QED) is 0.834. The van der Waals surface area contributed by atoms with Crippen molar-refractivity contribution in [2.24, 2.45) is 0 Å². The second-order valence-electron chi connectivity index (χ2n) is 4.59. The number of carbonyl (C=O) groups is 2. The molecule has 1 heterocycles. The molecule has 110 valence electrons. The van der Waals surface area contributed by atoms with Crippen molar-refractivity contribution >= 4 is 46.3 Å². The lowest BCUT2D eigenvalue weighted by atomic mass is 10.2. The molecule has 1 N–H and O–H groups in total. The number of thioether (sulfide) groups is 1. The van der Waals surface area contributed by atoms with Crippen molar-refractivity contribution in [1.82, 2.24) is 0 Å². The van der Waals surface area contributed by atoms with Crippen LogP contribution in [0.2, 0.25) is 5.02 Å². The molecule has 0 atom stereocenters. The maximum absolute atomic E-state index is 12.4. The van der Waals surface area contributed by atoms with E-state index in [1.807, 2.05) is 0 Å². The van der Waals surface area contributed by atoms with Gasteiger partial charge in [-0.2, -0.15) is 0 Å². The van der Waals surface area contributed by atoms with Crippen LogP contribution in [0.4, 0.5) is 10.5 Å². The van der Waals surface area contributed by atoms with Gasteiger partial charge >= 0.3 is 0 Å². The number of imide groups is 1. The van der Waals surface area contributed by atoms with E-state index in [1.165, 1.54) is 12.1 Å². The van der Waals surface area contributed by atoms with Crippen LogP contribution in [0.15, 0.2) is 53.4 Å². The Morgan fingerprint density at radius 2 is 1.82 bits per heavy atom. The zero-order valence-electron chi connectivity index (χ0n) is 11.2. The van der Waals surface area contributed by atoms with Crippen molar-refractivity contribution in [3.63, 3.8) is 0 Å². The number of phenols is 1. The van der Waals surface area contributed by atoms with Gasteiger partial charge in [-0.05, 0) is 47.7 Å². The predicted molar refractivity (Wildman–Crippen MR) is 88.0 cm³/mol. The number of hydrogen-bond acceptors (Lipinski definition) is 4. The Hall–Kier alpha value is -2.24. The molecule has 6 heteroatoms. The van der Waals surface area contributed by atoms with Crippen LogP contribution in [0, 0.1) is 0 Å². The lowest BCUT2D eigenvalue weighted by Gasteiger charge is -2.12. The van der Waals surface area contributed by atoms with Crippen LogP contribution >= 0.6 is 23.4 Å². The minimum absolute atomic E-state index is 0.00164. The zero-order valence-corrected chi connectivity index (χ0v) is 12.8. The van der Waals surface area contributed by atoms with Gasteiger partial charge in [0.25, 0.3) is 11.1 Å². The number of rotatable bonds is 2. The van der Waals surface area contributed by atoms with Gasteiger partial charge in [0.05, 0.1) is 10.6 Å². The second-order valence-corrected chi connectivity index (χ2v) is 6.02. The highest BCUT2D eigenvalue weighted by Gasteiger charge is 2.36. The van der Waals surface area contributed by atoms with E-state index in [0.29, 0.717) is 15.6 Å². The third-order valence-corrected chi connectivity index (χ3v) is 4.17. The first-order valence-corrected chi connectivity index (χ1v) is 7.56. The van der Waals surface area contributed by atoms with E-state index >= 15 is 0 Å². The molecule has 0 radical (unpaired) electrons. The number of aromatic hydroxyl groups is 1. The average molecular weight is 332 g/mol. The monoisotopic (exact) mass is 331 g/mol. The number of phenolic OH excluding ortho intramolecular Hbond substituents is 1. The molecule has 0 bridgehead atoms. The molecule has 1 aliphatic heterocycles. The molecule has 2 amide bonds. The minimum atomic E-state index is -0.407. The standard InChI is InChI=1S/C16H10ClNO3S/c17-11-6-4-10(5-7-11)8-14-15(20)18(16(21)22-14)12-2-1-3-13(19)9-12/h1-9,19H. The summed E-state index contributed by atoms with van der Waals surface area (Å²) < 4.78 is 0. The van der Waals surface area contributed by atoms with E-state index in [0.717, 1.165) is 22.2 Å². The zero-order chi connectivity index (χ0) is 15.7. The molecule has 0 aromatic heterocycles. The minimum Gasteiger partial charge on any atom is -0.508 e. The molecular formula is C16H10ClNO3S. The van der Waals surface area contributed by atoms with Crippen molar-refractivity contribution < 1.29 is 14.7 Å². The molecular weight excluding hydrogens is 322 g/mol. The molecule has 4 nitrogen and oxygen atoms in total. The van der Waals surface area contributed by atoms with E-state index < -0.39 is 11.1 Å². The summed E-state index contributed by atoms with van der Waals surface area (Å²) in [5.41, 5.74) is 1.13. The summed E-state index contributed by atoms with van der Waals surface area (Å²) in [7, 11) is 0. The largest absolute Gasteiger partial charge is 0.508 e. The van der Waals surface area contributed by atoms with E-state index in [1.54, 1.807) is 42.5 Å². The van der Waals surface area contributed by atoms with Gasteiger partial charge in [0, 0.05) is 11.1 Å². The van der Waals surface area contributed by atoms with Gasteiger partial charge in [-0.25, -0.2) is 4.90 Å². The van der Waals surface area contributed by atoms with Crippen molar-refractivity contribution in [3.05, 3.63) is 64.0 Å². The molecule has 1 aliphatic rings. The molecule has 0 saturated carbocycles. The highest BCUT2D eigenvalue weighted by Crippen LogP contribution is 2.36. The van der Waals surface area contributed by atoms with Gasteiger partial charge in [0.1, 0.15) is 5.75 Å². The number of amides is 2. The molecule has 22 heavy (non-hydrogen) atoms. The Morgan fingerprint density at radius 1 is 1.09 bits per heavy atom. The Kier molecular flexibility index (Phi) is 3.92. The summed E-state index contributed by atoms with van der Waals surface area (Å²) in [6.45, 7) is 0. The van der Waals surface area contributed by atoms with E-state index in [9.17, 15) is 14.7 Å². The topological polar surface area (TPSA) is 57.6 Å². The maximum Gasteiger partial charge on any atom is 0.298 e. The molecule has 1 saturated heterocycles. The molecule has 2 aromatic rings. The molecule has 3 rings (SSSR count). The summed E-state index contributed by atoms with van der Waals surface area (Å²) in [4.78, 5) is 25.9. The highest BCUT2D eigenvalue weighted by molar-refractivity contribution is 8.19. The van der Waals surface area contributed by atoms with Gasteiger partial charge in [0.2, 0.25) is 0 Å². The smallest absolute Gasteiger partial charge is 0.298 e. The van der Waals surface area contributed by atoms with Crippen LogP contribution in [0.3, 0.4) is 0 Å². The predicted octanol–water partition coefficient (Wildman–Crippen LogP) is 4.29. The van der Waals surface area contributed by atoms with Gasteiger partial charge in [-0.3, -0.25) is 9.59 Å². The molecule has 2 aromatic carbocycles. The van der Waals surface area contributed by atoms with Crippen molar-refractivity contribution in [2.45, 2.75) is 0 Å². The number of hydrogen-bond donors (Lipinski definition) is 1. The van der Waals surface area contributed by atoms with Gasteiger partial charge in [-0.1, -0.05) is 29.8 Å². The van der Waals surface area contributed by atoms with Crippen LogP contribution in [0.25, 0.3) is 6.08 Å². The van der Waals surface area contributed by atoms with E-state index in [2.05, 4.69) is 0 Å². The summed E-state index contributed by atoms with van der Waals surface area (Å²) in [6.07, 6.45) is 1.64. The normalized spacial score (nSPS) is 16.6. The molecule has 0 spiro atoms. The van der Waals surface area contributed by atoms with Crippen LogP contribution in [0.1, 0.15) is 5.56 Å². The first-order valence-electron chi connectivity index (χ1n) is 6.37. The number of carbonyl (C=O) groups excluding carboxylic acids is 2. The third-order valence-electron chi connectivity index (χ3n) is 3.05. The maximum atomic E-state index is 12.4. The van der Waals surface area contributed by atoms with Crippen LogP contribution < -0.4 is 4.90 Å². The van der Waals surface area contributed by atoms with E-state index in [4.69, 9.17) is 11.6 Å². The number of nitrogens with zero attached hydrogens (tertiary/aromatic N) is 1. The Morgan fingerprint density at radius 3 is 2.50 bits per heavy atom. The molecule has 0 unspecified atom stereocenters. The SMILES string of the molecule is O=C1SC(=Cc2ccc(Cl)cc2)C(=O)N1c1cccc(O)c1. The fourth-order valence-corrected chi connectivity index (χ4v) is 3.00. The molecule has 0 aliphatic carbocycles. The van der Waals surface area contributed by atoms with Crippen molar-refractivity contribution in [1.29, 1.82) is 0 Å². The lowest BCUT2D eigenvalue weighted by Crippen LogP contribution is -2.27. The van der Waals surface area contributed by atoms with Gasteiger partial charge in [0.15, 0.2) is 0 Å². The summed E-state index contributed by atoms with van der Waals surface area (Å²) >= 11 is 6.68. The number of halogens is 1. The first kappa shape index (κ1) is 14.7. The Labute approximate surface area is 136 Å². The first-order chi connectivity index (χ1) is 10.5. The summed E-state index contributed by atoms with van der Waals surface area (Å²) in [6, 6.07) is 13.0. The number of benzene rings is 2. The van der Waals surface area contributed by atoms with Crippen LogP contribution in [-0.4, -0.2) is 16.3 Å². The fraction of sp³-hybridized carbons (Fsp3) is 0. The highest BCUT2D eigenvalue weighted by atomic mass is 35.5. The summed E-state index contributed by atoms with van der Waals surface area (Å²) in [5, 5.41) is 9.70. The number of anilines is 1. The van der Waals surface area contributed by atoms with E-state index in [-0.39, 0.29) is 5.75 Å². The van der Waals surface area contributed by atoms with Crippen LogP contribution in [0.5, 0.6) is 5.75 Å². The fourth-order valence-electron chi connectivity index (χ4n) is 2.03. The van der Waals surface area contributed by atoms with Crippen molar-refractivity contribution in [3.8, 4) is 5.75 Å². The van der Waals surface area contributed by atoms with Gasteiger partial charge < -0.3 is 5.11 Å². The van der Waals surface area contributed by atoms with Crippen molar-refractivity contribution in [2.75, 3.05) is 4.90 Å². The second kappa shape index (κ2) is 5.87. The van der Waals surface area contributed by atoms with Crippen LogP contribution in [-0.2, 0) is 4.79 Å². The van der Waals surface area contributed by atoms with Gasteiger partial charge in [-0.15, -0.1) is 0 Å². The third kappa shape index (κ3) is 2.86. The Balaban J connectivity index is 1.93. The molecule has 1 fully saturated rings.